The Kier molecular flexibility index (Phi) is 4.85. The van der Waals surface area contributed by atoms with Gasteiger partial charge in [0.15, 0.2) is 0 Å². The maximum atomic E-state index is 11.0. The summed E-state index contributed by atoms with van der Waals surface area (Å²) in [6.07, 6.45) is 0. The zero-order chi connectivity index (χ0) is 13.7. The molecular weight excluding hydrogens is 234 g/mol. The van der Waals surface area contributed by atoms with Crippen molar-refractivity contribution in [1.29, 1.82) is 0 Å². The van der Waals surface area contributed by atoms with Gasteiger partial charge in [0.05, 0.1) is 0 Å². The Labute approximate surface area is 106 Å². The van der Waals surface area contributed by atoms with Gasteiger partial charge in [0.2, 0.25) is 0 Å². The van der Waals surface area contributed by atoms with Crippen LogP contribution in [0.4, 0.5) is 0 Å². The fourth-order valence-corrected chi connectivity index (χ4v) is 1.69. The second-order valence-electron chi connectivity index (χ2n) is 4.19. The van der Waals surface area contributed by atoms with Gasteiger partial charge in [-0.15, -0.1) is 0 Å². The van der Waals surface area contributed by atoms with Crippen molar-refractivity contribution in [2.75, 3.05) is 0 Å². The van der Waals surface area contributed by atoms with Crippen LogP contribution in [0.2, 0.25) is 0 Å². The molecule has 0 aliphatic rings. The maximum absolute atomic E-state index is 11.0. The van der Waals surface area contributed by atoms with E-state index in [2.05, 4.69) is 0 Å². The number of carbonyl (C=O) groups is 2. The molecule has 0 saturated carbocycles. The van der Waals surface area contributed by atoms with Gasteiger partial charge in [0.1, 0.15) is 12.1 Å². The molecule has 0 spiro atoms. The van der Waals surface area contributed by atoms with E-state index in [4.69, 9.17) is 10.2 Å². The van der Waals surface area contributed by atoms with Gasteiger partial charge in [-0.2, -0.15) is 0 Å². The Balaban J connectivity index is 2.91. The Morgan fingerprint density at radius 3 is 1.89 bits per heavy atom. The minimum atomic E-state index is -1.03. The number of hydrogen-bond acceptors (Lipinski definition) is 3. The van der Waals surface area contributed by atoms with Crippen molar-refractivity contribution in [3.8, 4) is 0 Å². The summed E-state index contributed by atoms with van der Waals surface area (Å²) in [5, 5.41) is 18.1. The summed E-state index contributed by atoms with van der Waals surface area (Å²) in [6, 6.07) is 7.52. The summed E-state index contributed by atoms with van der Waals surface area (Å²) in [5.41, 5.74) is 0.888. The lowest BCUT2D eigenvalue weighted by molar-refractivity contribution is -0.149. The Morgan fingerprint density at radius 2 is 1.50 bits per heavy atom. The van der Waals surface area contributed by atoms with Crippen molar-refractivity contribution in [1.82, 2.24) is 4.90 Å². The SMILES string of the molecule is C[C@@H](C(=O)O)N(Cc1ccccc1)[C@@H](C)C(=O)O. The molecule has 0 unspecified atom stereocenters. The molecule has 0 fully saturated rings. The molecule has 1 rings (SSSR count). The van der Waals surface area contributed by atoms with E-state index in [-0.39, 0.29) is 0 Å². The van der Waals surface area contributed by atoms with Crippen LogP contribution in [0.1, 0.15) is 19.4 Å². The lowest BCUT2D eigenvalue weighted by atomic mass is 10.1. The summed E-state index contributed by atoms with van der Waals surface area (Å²) < 4.78 is 0. The van der Waals surface area contributed by atoms with Crippen molar-refractivity contribution in [3.63, 3.8) is 0 Å². The van der Waals surface area contributed by atoms with E-state index in [1.54, 1.807) is 0 Å². The monoisotopic (exact) mass is 251 g/mol. The zero-order valence-corrected chi connectivity index (χ0v) is 10.4. The van der Waals surface area contributed by atoms with Crippen molar-refractivity contribution in [3.05, 3.63) is 35.9 Å². The molecule has 0 aliphatic carbocycles. The zero-order valence-electron chi connectivity index (χ0n) is 10.4. The third-order valence-corrected chi connectivity index (χ3v) is 2.92. The lowest BCUT2D eigenvalue weighted by Crippen LogP contribution is -2.47. The Hall–Kier alpha value is -1.88. The second-order valence-corrected chi connectivity index (χ2v) is 4.19. The van der Waals surface area contributed by atoms with Crippen LogP contribution in [0.25, 0.3) is 0 Å². The Morgan fingerprint density at radius 1 is 1.06 bits per heavy atom. The summed E-state index contributed by atoms with van der Waals surface area (Å²) >= 11 is 0. The average molecular weight is 251 g/mol. The van der Waals surface area contributed by atoms with Crippen molar-refractivity contribution in [2.24, 2.45) is 0 Å². The van der Waals surface area contributed by atoms with E-state index >= 15 is 0 Å². The number of nitrogens with zero attached hydrogens (tertiary/aromatic N) is 1. The van der Waals surface area contributed by atoms with E-state index in [9.17, 15) is 9.59 Å². The molecular formula is C13H17NO4. The minimum Gasteiger partial charge on any atom is -0.480 e. The Bertz CT molecular complexity index is 398. The van der Waals surface area contributed by atoms with E-state index in [1.165, 1.54) is 18.7 Å². The molecule has 1 aromatic carbocycles. The van der Waals surface area contributed by atoms with Gasteiger partial charge in [-0.25, -0.2) is 0 Å². The van der Waals surface area contributed by atoms with Crippen molar-refractivity contribution < 1.29 is 19.8 Å². The summed E-state index contributed by atoms with van der Waals surface area (Å²) in [4.78, 5) is 23.5. The normalized spacial score (nSPS) is 14.2. The molecule has 0 saturated heterocycles. The van der Waals surface area contributed by atoms with E-state index in [0.29, 0.717) is 6.54 Å². The van der Waals surface area contributed by atoms with Crippen LogP contribution in [-0.2, 0) is 16.1 Å². The first-order chi connectivity index (χ1) is 8.43. The van der Waals surface area contributed by atoms with Gasteiger partial charge in [-0.1, -0.05) is 30.3 Å². The summed E-state index contributed by atoms with van der Waals surface area (Å²) in [7, 11) is 0. The van der Waals surface area contributed by atoms with Gasteiger partial charge >= 0.3 is 11.9 Å². The van der Waals surface area contributed by atoms with Crippen LogP contribution >= 0.6 is 0 Å². The number of benzene rings is 1. The van der Waals surface area contributed by atoms with E-state index < -0.39 is 24.0 Å². The fourth-order valence-electron chi connectivity index (χ4n) is 1.69. The van der Waals surface area contributed by atoms with Gasteiger partial charge in [0.25, 0.3) is 0 Å². The predicted octanol–water partition coefficient (Wildman–Crippen LogP) is 1.43. The highest BCUT2D eigenvalue weighted by atomic mass is 16.4. The molecule has 2 N–H and O–H groups in total. The van der Waals surface area contributed by atoms with Crippen LogP contribution in [0.15, 0.2) is 30.3 Å². The third-order valence-electron chi connectivity index (χ3n) is 2.92. The molecule has 1 aromatic rings. The molecule has 5 nitrogen and oxygen atoms in total. The number of hydrogen-bond donors (Lipinski definition) is 2. The van der Waals surface area contributed by atoms with Crippen molar-refractivity contribution in [2.45, 2.75) is 32.5 Å². The maximum Gasteiger partial charge on any atom is 0.320 e. The molecule has 0 aliphatic heterocycles. The number of carboxylic acid groups (broad SMARTS) is 2. The smallest absolute Gasteiger partial charge is 0.320 e. The molecule has 18 heavy (non-hydrogen) atoms. The molecule has 2 atom stereocenters. The quantitative estimate of drug-likeness (QED) is 0.799. The number of rotatable bonds is 6. The summed E-state index contributed by atoms with van der Waals surface area (Å²) in [6.45, 7) is 3.28. The largest absolute Gasteiger partial charge is 0.480 e. The standard InChI is InChI=1S/C13H17NO4/c1-9(12(15)16)14(10(2)13(17)18)8-11-6-4-3-5-7-11/h3-7,9-10H,8H2,1-2H3,(H,15,16)(H,17,18)/t9-,10-/m0/s1. The molecule has 0 aromatic heterocycles. The predicted molar refractivity (Wildman–Crippen MR) is 66.2 cm³/mol. The molecule has 98 valence electrons. The van der Waals surface area contributed by atoms with Gasteiger partial charge < -0.3 is 10.2 Å². The fraction of sp³-hybridized carbons (Fsp3) is 0.385. The highest BCUT2D eigenvalue weighted by Crippen LogP contribution is 2.13. The van der Waals surface area contributed by atoms with Crippen LogP contribution in [-0.4, -0.2) is 39.1 Å². The van der Waals surface area contributed by atoms with Crippen LogP contribution < -0.4 is 0 Å². The second kappa shape index (κ2) is 6.16. The first kappa shape index (κ1) is 14.2. The van der Waals surface area contributed by atoms with Gasteiger partial charge in [0, 0.05) is 6.54 Å². The average Bonchev–Trinajstić information content (AvgIpc) is 2.35. The molecule has 0 radical (unpaired) electrons. The summed E-state index contributed by atoms with van der Waals surface area (Å²) in [5.74, 6) is -2.06. The topological polar surface area (TPSA) is 77.8 Å². The van der Waals surface area contributed by atoms with Gasteiger partial charge in [-0.3, -0.25) is 14.5 Å². The first-order valence-electron chi connectivity index (χ1n) is 5.68. The van der Waals surface area contributed by atoms with Crippen LogP contribution in [0, 0.1) is 0 Å². The minimum absolute atomic E-state index is 0.293. The van der Waals surface area contributed by atoms with Gasteiger partial charge in [-0.05, 0) is 19.4 Å². The van der Waals surface area contributed by atoms with E-state index in [0.717, 1.165) is 5.56 Å². The molecule has 0 heterocycles. The molecule has 0 bridgehead atoms. The van der Waals surface area contributed by atoms with Crippen molar-refractivity contribution >= 4 is 11.9 Å². The highest BCUT2D eigenvalue weighted by Gasteiger charge is 2.29. The van der Waals surface area contributed by atoms with E-state index in [1.807, 2.05) is 30.3 Å². The molecule has 5 heteroatoms. The number of aliphatic carboxylic acids is 2. The lowest BCUT2D eigenvalue weighted by Gasteiger charge is -2.29. The van der Waals surface area contributed by atoms with Crippen LogP contribution in [0.3, 0.4) is 0 Å². The molecule has 0 amide bonds. The highest BCUT2D eigenvalue weighted by molar-refractivity contribution is 5.76. The van der Waals surface area contributed by atoms with Crippen LogP contribution in [0.5, 0.6) is 0 Å². The number of carboxylic acids is 2. The third kappa shape index (κ3) is 3.56. The first-order valence-corrected chi connectivity index (χ1v) is 5.68.